The molecule has 1 aromatic heterocycles. The van der Waals surface area contributed by atoms with Gasteiger partial charge in [0.2, 0.25) is 5.91 Å². The van der Waals surface area contributed by atoms with Gasteiger partial charge in [0.25, 0.3) is 0 Å². The highest BCUT2D eigenvalue weighted by atomic mass is 16.4. The van der Waals surface area contributed by atoms with Crippen LogP contribution in [0, 0.1) is 6.92 Å². The molecule has 2 aromatic rings. The summed E-state index contributed by atoms with van der Waals surface area (Å²) in [5, 5.41) is 11.5. The van der Waals surface area contributed by atoms with E-state index < -0.39 is 5.97 Å². The normalized spacial score (nSPS) is 10.3. The van der Waals surface area contributed by atoms with Gasteiger partial charge in [-0.15, -0.1) is 0 Å². The molecule has 1 heterocycles. The molecule has 0 fully saturated rings. The van der Waals surface area contributed by atoms with Crippen LogP contribution in [0.2, 0.25) is 0 Å². The maximum absolute atomic E-state index is 10.9. The van der Waals surface area contributed by atoms with Crippen molar-refractivity contribution in [2.24, 2.45) is 0 Å². The maximum atomic E-state index is 10.9. The number of benzene rings is 1. The topological polar surface area (TPSA) is 95.1 Å². The van der Waals surface area contributed by atoms with Gasteiger partial charge in [-0.25, -0.2) is 4.98 Å². The number of anilines is 1. The summed E-state index contributed by atoms with van der Waals surface area (Å²) in [4.78, 5) is 29.0. The van der Waals surface area contributed by atoms with Gasteiger partial charge in [-0.1, -0.05) is 0 Å². The van der Waals surface area contributed by atoms with Crippen LogP contribution in [-0.4, -0.2) is 27.0 Å². The molecule has 0 spiro atoms. The van der Waals surface area contributed by atoms with Crippen molar-refractivity contribution in [2.75, 3.05) is 5.32 Å². The lowest BCUT2D eigenvalue weighted by atomic mass is 10.2. The monoisotopic (exact) mass is 273 g/mol. The molecule has 1 aromatic carbocycles. The number of carboxylic acids is 1. The number of rotatable bonds is 4. The smallest absolute Gasteiger partial charge is 0.309 e. The van der Waals surface area contributed by atoms with E-state index in [4.69, 9.17) is 5.11 Å². The summed E-state index contributed by atoms with van der Waals surface area (Å²) in [5.41, 5.74) is 2.81. The van der Waals surface area contributed by atoms with E-state index in [9.17, 15) is 9.59 Å². The summed E-state index contributed by atoms with van der Waals surface area (Å²) in [6.45, 7) is 3.24. The molecule has 0 aliphatic heterocycles. The number of carbonyl (C=O) groups excluding carboxylic acids is 1. The predicted molar refractivity (Wildman–Crippen MR) is 74.4 cm³/mol. The van der Waals surface area contributed by atoms with E-state index in [-0.39, 0.29) is 12.3 Å². The lowest BCUT2D eigenvalue weighted by Crippen LogP contribution is -2.05. The van der Waals surface area contributed by atoms with Gasteiger partial charge in [0.05, 0.1) is 12.1 Å². The Balaban J connectivity index is 2.23. The average molecular weight is 273 g/mol. The van der Waals surface area contributed by atoms with E-state index in [0.717, 1.165) is 11.3 Å². The minimum absolute atomic E-state index is 0.105. The molecule has 0 saturated heterocycles. The fourth-order valence-corrected chi connectivity index (χ4v) is 1.86. The fourth-order valence-electron chi connectivity index (χ4n) is 1.86. The molecular formula is C14H15N3O3. The molecule has 0 atom stereocenters. The van der Waals surface area contributed by atoms with E-state index in [1.807, 2.05) is 12.1 Å². The Hall–Kier alpha value is -2.63. The predicted octanol–water partition coefficient (Wildman–Crippen LogP) is 1.97. The first kappa shape index (κ1) is 13.8. The van der Waals surface area contributed by atoms with Gasteiger partial charge in [0, 0.05) is 23.9 Å². The number of hydrogen-bond acceptors (Lipinski definition) is 3. The molecule has 0 bridgehead atoms. The number of aryl methyl sites for hydroxylation is 1. The molecule has 20 heavy (non-hydrogen) atoms. The second-order valence-electron chi connectivity index (χ2n) is 4.49. The highest BCUT2D eigenvalue weighted by Gasteiger charge is 2.11. The summed E-state index contributed by atoms with van der Waals surface area (Å²) in [5.74, 6) is -0.421. The van der Waals surface area contributed by atoms with E-state index >= 15 is 0 Å². The Morgan fingerprint density at radius 3 is 2.50 bits per heavy atom. The first-order valence-corrected chi connectivity index (χ1v) is 6.11. The van der Waals surface area contributed by atoms with Gasteiger partial charge in [0.1, 0.15) is 5.82 Å². The van der Waals surface area contributed by atoms with E-state index in [2.05, 4.69) is 15.3 Å². The SMILES string of the molecule is CC(=O)Nc1ccc(-c2nc(CC(=O)O)c(C)[nH]2)cc1. The molecule has 0 saturated carbocycles. The fraction of sp³-hybridized carbons (Fsp3) is 0.214. The Bertz CT molecular complexity index is 644. The Kier molecular flexibility index (Phi) is 3.84. The number of nitrogens with one attached hydrogen (secondary N) is 2. The Labute approximate surface area is 115 Å². The molecule has 6 nitrogen and oxygen atoms in total. The lowest BCUT2D eigenvalue weighted by molar-refractivity contribution is -0.136. The number of amides is 1. The quantitative estimate of drug-likeness (QED) is 0.793. The van der Waals surface area contributed by atoms with Crippen LogP contribution in [0.5, 0.6) is 0 Å². The number of aromatic nitrogens is 2. The third-order valence-electron chi connectivity index (χ3n) is 2.78. The molecule has 6 heteroatoms. The highest BCUT2D eigenvalue weighted by Crippen LogP contribution is 2.20. The van der Waals surface area contributed by atoms with Crippen molar-refractivity contribution in [1.82, 2.24) is 9.97 Å². The zero-order chi connectivity index (χ0) is 14.7. The minimum Gasteiger partial charge on any atom is -0.481 e. The summed E-state index contributed by atoms with van der Waals surface area (Å²) >= 11 is 0. The number of aromatic amines is 1. The van der Waals surface area contributed by atoms with Crippen molar-refractivity contribution in [3.8, 4) is 11.4 Å². The number of carboxylic acid groups (broad SMARTS) is 1. The van der Waals surface area contributed by atoms with Crippen molar-refractivity contribution in [3.05, 3.63) is 35.7 Å². The third-order valence-corrected chi connectivity index (χ3v) is 2.78. The number of hydrogen-bond donors (Lipinski definition) is 3. The number of H-pyrrole nitrogens is 1. The summed E-state index contributed by atoms with van der Waals surface area (Å²) in [7, 11) is 0. The average Bonchev–Trinajstić information content (AvgIpc) is 2.70. The Morgan fingerprint density at radius 1 is 1.30 bits per heavy atom. The Morgan fingerprint density at radius 2 is 1.95 bits per heavy atom. The van der Waals surface area contributed by atoms with E-state index in [0.29, 0.717) is 17.2 Å². The lowest BCUT2D eigenvalue weighted by Gasteiger charge is -2.02. The summed E-state index contributed by atoms with van der Waals surface area (Å²) in [6, 6.07) is 7.17. The molecule has 0 radical (unpaired) electrons. The zero-order valence-electron chi connectivity index (χ0n) is 11.2. The van der Waals surface area contributed by atoms with Crippen molar-refractivity contribution >= 4 is 17.6 Å². The van der Waals surface area contributed by atoms with Crippen LogP contribution < -0.4 is 5.32 Å². The van der Waals surface area contributed by atoms with Crippen LogP contribution in [0.3, 0.4) is 0 Å². The van der Waals surface area contributed by atoms with Crippen LogP contribution in [0.4, 0.5) is 5.69 Å². The van der Waals surface area contributed by atoms with E-state index in [1.54, 1.807) is 19.1 Å². The molecule has 0 aliphatic carbocycles. The standard InChI is InChI=1S/C14H15N3O3/c1-8-12(7-13(19)20)17-14(15-8)10-3-5-11(6-4-10)16-9(2)18/h3-6H,7H2,1-2H3,(H,15,17)(H,16,18)(H,19,20). The zero-order valence-corrected chi connectivity index (χ0v) is 11.2. The van der Waals surface area contributed by atoms with Crippen LogP contribution >= 0.6 is 0 Å². The molecule has 3 N–H and O–H groups in total. The van der Waals surface area contributed by atoms with Crippen LogP contribution in [-0.2, 0) is 16.0 Å². The summed E-state index contributed by atoms with van der Waals surface area (Å²) < 4.78 is 0. The molecule has 2 rings (SSSR count). The van der Waals surface area contributed by atoms with Gasteiger partial charge < -0.3 is 15.4 Å². The number of imidazole rings is 1. The van der Waals surface area contributed by atoms with Crippen molar-refractivity contribution < 1.29 is 14.7 Å². The first-order chi connectivity index (χ1) is 9.45. The largest absolute Gasteiger partial charge is 0.481 e. The second kappa shape index (κ2) is 5.56. The summed E-state index contributed by atoms with van der Waals surface area (Å²) in [6.07, 6.45) is -0.105. The third kappa shape index (κ3) is 3.23. The second-order valence-corrected chi connectivity index (χ2v) is 4.49. The van der Waals surface area contributed by atoms with Crippen molar-refractivity contribution in [3.63, 3.8) is 0 Å². The number of aliphatic carboxylic acids is 1. The van der Waals surface area contributed by atoms with Gasteiger partial charge in [-0.3, -0.25) is 9.59 Å². The van der Waals surface area contributed by atoms with E-state index in [1.165, 1.54) is 6.92 Å². The van der Waals surface area contributed by atoms with Crippen molar-refractivity contribution in [1.29, 1.82) is 0 Å². The van der Waals surface area contributed by atoms with Gasteiger partial charge in [-0.2, -0.15) is 0 Å². The van der Waals surface area contributed by atoms with Gasteiger partial charge in [0.15, 0.2) is 0 Å². The molecule has 0 aliphatic rings. The van der Waals surface area contributed by atoms with Crippen molar-refractivity contribution in [2.45, 2.75) is 20.3 Å². The molecule has 104 valence electrons. The van der Waals surface area contributed by atoms with Crippen LogP contribution in [0.25, 0.3) is 11.4 Å². The molecule has 0 unspecified atom stereocenters. The van der Waals surface area contributed by atoms with Crippen LogP contribution in [0.15, 0.2) is 24.3 Å². The molecular weight excluding hydrogens is 258 g/mol. The van der Waals surface area contributed by atoms with Crippen LogP contribution in [0.1, 0.15) is 18.3 Å². The number of carbonyl (C=O) groups is 2. The molecule has 1 amide bonds. The minimum atomic E-state index is -0.910. The number of nitrogens with zero attached hydrogens (tertiary/aromatic N) is 1. The highest BCUT2D eigenvalue weighted by molar-refractivity contribution is 5.88. The first-order valence-electron chi connectivity index (χ1n) is 6.11. The van der Waals surface area contributed by atoms with Gasteiger partial charge >= 0.3 is 5.97 Å². The van der Waals surface area contributed by atoms with Gasteiger partial charge in [-0.05, 0) is 31.2 Å². The maximum Gasteiger partial charge on any atom is 0.309 e.